The van der Waals surface area contributed by atoms with Crippen LogP contribution in [-0.4, -0.2) is 23.3 Å². The lowest BCUT2D eigenvalue weighted by molar-refractivity contribution is -0.135. The summed E-state index contributed by atoms with van der Waals surface area (Å²) >= 11 is 0. The molecule has 2 N–H and O–H groups in total. The summed E-state index contributed by atoms with van der Waals surface area (Å²) in [5, 5.41) is 0. The fourth-order valence-corrected chi connectivity index (χ4v) is 2.36. The van der Waals surface area contributed by atoms with E-state index in [9.17, 15) is 9.59 Å². The van der Waals surface area contributed by atoms with E-state index in [1.165, 1.54) is 11.1 Å². The van der Waals surface area contributed by atoms with Gasteiger partial charge in [0.2, 0.25) is 11.8 Å². The van der Waals surface area contributed by atoms with Crippen LogP contribution in [0.25, 0.3) is 0 Å². The first-order chi connectivity index (χ1) is 8.58. The molecule has 0 saturated heterocycles. The zero-order chi connectivity index (χ0) is 13.1. The Labute approximate surface area is 107 Å². The fourth-order valence-electron chi connectivity index (χ4n) is 2.36. The molecular weight excluding hydrogens is 228 g/mol. The van der Waals surface area contributed by atoms with E-state index in [1.54, 1.807) is 4.90 Å². The summed E-state index contributed by atoms with van der Waals surface area (Å²) in [5.41, 5.74) is 7.54. The molecule has 0 radical (unpaired) electrons. The minimum Gasteiger partial charge on any atom is -0.370 e. The highest BCUT2D eigenvalue weighted by Crippen LogP contribution is 2.22. The maximum absolute atomic E-state index is 12.2. The van der Waals surface area contributed by atoms with E-state index in [1.807, 2.05) is 25.1 Å². The van der Waals surface area contributed by atoms with E-state index in [0.29, 0.717) is 13.1 Å². The average molecular weight is 246 g/mol. The fraction of sp³-hybridized carbons (Fsp3) is 0.429. The maximum Gasteiger partial charge on any atom is 0.226 e. The number of nitrogens with two attached hydrogens (primary N) is 1. The lowest BCUT2D eigenvalue weighted by Gasteiger charge is -2.22. The Bertz CT molecular complexity index is 471. The van der Waals surface area contributed by atoms with Crippen molar-refractivity contribution in [3.05, 3.63) is 35.4 Å². The number of rotatable bonds is 3. The number of nitrogens with zero attached hydrogens (tertiary/aromatic N) is 1. The van der Waals surface area contributed by atoms with Crippen molar-refractivity contribution in [1.29, 1.82) is 0 Å². The molecule has 96 valence electrons. The van der Waals surface area contributed by atoms with Gasteiger partial charge >= 0.3 is 0 Å². The number of fused-ring (bicyclic) bond motifs is 1. The van der Waals surface area contributed by atoms with Crippen LogP contribution in [-0.2, 0) is 22.6 Å². The third kappa shape index (κ3) is 2.70. The first kappa shape index (κ1) is 12.6. The van der Waals surface area contributed by atoms with Gasteiger partial charge in [0.25, 0.3) is 0 Å². The van der Waals surface area contributed by atoms with Gasteiger partial charge in [0, 0.05) is 25.4 Å². The highest BCUT2D eigenvalue weighted by atomic mass is 16.2. The number of hydrogen-bond acceptors (Lipinski definition) is 2. The van der Waals surface area contributed by atoms with Crippen molar-refractivity contribution in [3.63, 3.8) is 0 Å². The molecule has 1 aliphatic rings. The molecule has 0 aromatic heterocycles. The van der Waals surface area contributed by atoms with Crippen LogP contribution in [0.5, 0.6) is 0 Å². The van der Waals surface area contributed by atoms with Crippen LogP contribution in [0.4, 0.5) is 0 Å². The van der Waals surface area contributed by atoms with Crippen molar-refractivity contribution in [2.75, 3.05) is 6.54 Å². The van der Waals surface area contributed by atoms with Crippen LogP contribution in [0.3, 0.4) is 0 Å². The predicted octanol–water partition coefficient (Wildman–Crippen LogP) is 1.08. The number of carbonyl (C=O) groups excluding carboxylic acids is 2. The van der Waals surface area contributed by atoms with Crippen molar-refractivity contribution in [2.24, 2.45) is 11.7 Å². The van der Waals surface area contributed by atoms with Gasteiger partial charge in [0.05, 0.1) is 0 Å². The van der Waals surface area contributed by atoms with Crippen LogP contribution < -0.4 is 5.73 Å². The number of primary amides is 1. The van der Waals surface area contributed by atoms with Gasteiger partial charge < -0.3 is 10.6 Å². The summed E-state index contributed by atoms with van der Waals surface area (Å²) in [5.74, 6) is -0.304. The van der Waals surface area contributed by atoms with Crippen LogP contribution in [0.15, 0.2) is 24.3 Å². The third-order valence-corrected chi connectivity index (χ3v) is 3.37. The van der Waals surface area contributed by atoms with Gasteiger partial charge in [-0.15, -0.1) is 0 Å². The Morgan fingerprint density at radius 1 is 1.39 bits per heavy atom. The minimum atomic E-state index is -0.368. The summed E-state index contributed by atoms with van der Waals surface area (Å²) in [7, 11) is 0. The molecule has 0 bridgehead atoms. The Morgan fingerprint density at radius 3 is 2.72 bits per heavy atom. The van der Waals surface area contributed by atoms with Gasteiger partial charge in [0.1, 0.15) is 0 Å². The minimum absolute atomic E-state index is 0.0403. The van der Waals surface area contributed by atoms with Crippen molar-refractivity contribution in [2.45, 2.75) is 26.3 Å². The van der Waals surface area contributed by atoms with E-state index in [0.717, 1.165) is 6.42 Å². The van der Waals surface area contributed by atoms with E-state index < -0.39 is 0 Å². The zero-order valence-electron chi connectivity index (χ0n) is 10.6. The summed E-state index contributed by atoms with van der Waals surface area (Å²) in [6, 6.07) is 8.08. The predicted molar refractivity (Wildman–Crippen MR) is 68.5 cm³/mol. The highest BCUT2D eigenvalue weighted by molar-refractivity contribution is 5.80. The molecule has 1 aromatic carbocycles. The van der Waals surface area contributed by atoms with Crippen molar-refractivity contribution in [3.8, 4) is 0 Å². The maximum atomic E-state index is 12.2. The monoisotopic (exact) mass is 246 g/mol. The second-order valence-corrected chi connectivity index (χ2v) is 4.85. The Balaban J connectivity index is 2.20. The van der Waals surface area contributed by atoms with Crippen molar-refractivity contribution >= 4 is 11.8 Å². The normalized spacial score (nSPS) is 19.3. The quantitative estimate of drug-likeness (QED) is 0.867. The smallest absolute Gasteiger partial charge is 0.226 e. The first-order valence-corrected chi connectivity index (χ1v) is 6.22. The van der Waals surface area contributed by atoms with Crippen LogP contribution in [0.1, 0.15) is 24.5 Å². The SMILES string of the molecule is CC1Cc2ccccc2CN(CCC(N)=O)C1=O. The largest absolute Gasteiger partial charge is 0.370 e. The lowest BCUT2D eigenvalue weighted by atomic mass is 9.98. The Kier molecular flexibility index (Phi) is 3.65. The third-order valence-electron chi connectivity index (χ3n) is 3.37. The van der Waals surface area contributed by atoms with E-state index in [-0.39, 0.29) is 24.2 Å². The lowest BCUT2D eigenvalue weighted by Crippen LogP contribution is -2.35. The van der Waals surface area contributed by atoms with Gasteiger partial charge in [-0.1, -0.05) is 31.2 Å². The molecule has 0 fully saturated rings. The molecule has 1 unspecified atom stereocenters. The molecule has 0 saturated carbocycles. The van der Waals surface area contributed by atoms with Crippen molar-refractivity contribution in [1.82, 2.24) is 4.90 Å². The molecule has 4 heteroatoms. The average Bonchev–Trinajstić information content (AvgIpc) is 2.45. The molecule has 18 heavy (non-hydrogen) atoms. The molecule has 4 nitrogen and oxygen atoms in total. The van der Waals surface area contributed by atoms with E-state index in [4.69, 9.17) is 5.73 Å². The summed E-state index contributed by atoms with van der Waals surface area (Å²) in [6.45, 7) is 2.92. The molecule has 2 amide bonds. The van der Waals surface area contributed by atoms with Gasteiger partial charge in [-0.05, 0) is 17.5 Å². The first-order valence-electron chi connectivity index (χ1n) is 6.22. The van der Waals surface area contributed by atoms with Gasteiger partial charge in [0.15, 0.2) is 0 Å². The van der Waals surface area contributed by atoms with Crippen LogP contribution in [0, 0.1) is 5.92 Å². The standard InChI is InChI=1S/C14H18N2O2/c1-10-8-11-4-2-3-5-12(11)9-16(14(10)18)7-6-13(15)17/h2-5,10H,6-9H2,1H3,(H2,15,17). The summed E-state index contributed by atoms with van der Waals surface area (Å²) in [4.78, 5) is 24.8. The van der Waals surface area contributed by atoms with E-state index in [2.05, 4.69) is 6.07 Å². The Hall–Kier alpha value is -1.84. The van der Waals surface area contributed by atoms with Crippen LogP contribution in [0.2, 0.25) is 0 Å². The number of hydrogen-bond donors (Lipinski definition) is 1. The number of carbonyl (C=O) groups is 2. The highest BCUT2D eigenvalue weighted by Gasteiger charge is 2.26. The molecule has 1 atom stereocenters. The topological polar surface area (TPSA) is 63.4 Å². The second-order valence-electron chi connectivity index (χ2n) is 4.85. The van der Waals surface area contributed by atoms with Crippen molar-refractivity contribution < 1.29 is 9.59 Å². The summed E-state index contributed by atoms with van der Waals surface area (Å²) in [6.07, 6.45) is 0.989. The zero-order valence-corrected chi connectivity index (χ0v) is 10.6. The molecule has 0 spiro atoms. The van der Waals surface area contributed by atoms with Crippen LogP contribution >= 0.6 is 0 Å². The van der Waals surface area contributed by atoms with E-state index >= 15 is 0 Å². The van der Waals surface area contributed by atoms with Gasteiger partial charge in [-0.2, -0.15) is 0 Å². The van der Waals surface area contributed by atoms with Gasteiger partial charge in [-0.3, -0.25) is 9.59 Å². The van der Waals surface area contributed by atoms with Gasteiger partial charge in [-0.25, -0.2) is 0 Å². The molecule has 0 aliphatic carbocycles. The number of amides is 2. The molecular formula is C14H18N2O2. The second kappa shape index (κ2) is 5.21. The molecule has 1 heterocycles. The molecule has 1 aliphatic heterocycles. The molecule has 1 aromatic rings. The molecule has 2 rings (SSSR count). The number of benzene rings is 1. The summed E-state index contributed by atoms with van der Waals surface area (Å²) < 4.78 is 0. The Morgan fingerprint density at radius 2 is 2.06 bits per heavy atom.